The SMILES string of the molecule is c1ccc2c(c1)c1ccccc1n2-c1ccc2[se]c3ccc(-n4c5ccccc5c5ccccc54)cc3c2c1. The van der Waals surface area contributed by atoms with Crippen LogP contribution in [0.25, 0.3) is 74.3 Å². The molecule has 0 aliphatic heterocycles. The Morgan fingerprint density at radius 1 is 0.333 bits per heavy atom. The van der Waals surface area contributed by atoms with Crippen molar-refractivity contribution in [3.63, 3.8) is 0 Å². The van der Waals surface area contributed by atoms with Crippen molar-refractivity contribution in [3.05, 3.63) is 133 Å². The normalized spacial score (nSPS) is 12.1. The van der Waals surface area contributed by atoms with Crippen molar-refractivity contribution in [2.24, 2.45) is 0 Å². The predicted octanol–water partition coefficient (Wildman–Crippen LogP) is 9.24. The maximum absolute atomic E-state index is 2.42. The molecule has 0 aliphatic rings. The predicted molar refractivity (Wildman–Crippen MR) is 167 cm³/mol. The van der Waals surface area contributed by atoms with Crippen LogP contribution >= 0.6 is 0 Å². The molecule has 0 radical (unpaired) electrons. The van der Waals surface area contributed by atoms with E-state index >= 15 is 0 Å². The molecule has 3 aromatic heterocycles. The van der Waals surface area contributed by atoms with Gasteiger partial charge in [-0.2, -0.15) is 0 Å². The van der Waals surface area contributed by atoms with Crippen LogP contribution in [0.15, 0.2) is 133 Å². The number of para-hydroxylation sites is 4. The van der Waals surface area contributed by atoms with Crippen molar-refractivity contribution in [3.8, 4) is 11.4 Å². The minimum absolute atomic E-state index is 0.309. The van der Waals surface area contributed by atoms with Gasteiger partial charge in [-0.15, -0.1) is 0 Å². The molecule has 3 heterocycles. The van der Waals surface area contributed by atoms with Gasteiger partial charge < -0.3 is 0 Å². The van der Waals surface area contributed by atoms with Crippen molar-refractivity contribution in [2.75, 3.05) is 0 Å². The summed E-state index contributed by atoms with van der Waals surface area (Å²) in [6.07, 6.45) is 0. The third-order valence-electron chi connectivity index (χ3n) is 8.11. The first-order valence-electron chi connectivity index (χ1n) is 13.3. The number of benzene rings is 6. The Hall–Kier alpha value is -4.56. The average Bonchev–Trinajstić information content (AvgIpc) is 3.64. The van der Waals surface area contributed by atoms with Crippen LogP contribution < -0.4 is 0 Å². The number of rotatable bonds is 2. The molecular weight excluding hydrogens is 539 g/mol. The van der Waals surface area contributed by atoms with Crippen LogP contribution in [-0.4, -0.2) is 23.6 Å². The zero-order valence-corrected chi connectivity index (χ0v) is 22.7. The second-order valence-corrected chi connectivity index (χ2v) is 12.5. The second kappa shape index (κ2) is 7.97. The first-order valence-corrected chi connectivity index (χ1v) is 15.0. The van der Waals surface area contributed by atoms with Crippen LogP contribution in [0.3, 0.4) is 0 Å². The van der Waals surface area contributed by atoms with E-state index in [2.05, 4.69) is 143 Å². The summed E-state index contributed by atoms with van der Waals surface area (Å²) < 4.78 is 7.77. The molecule has 0 atom stereocenters. The third-order valence-corrected chi connectivity index (χ3v) is 10.5. The summed E-state index contributed by atoms with van der Waals surface area (Å²) >= 11 is 0.309. The number of nitrogens with zero attached hydrogens (tertiary/aromatic N) is 2. The van der Waals surface area contributed by atoms with E-state index in [-0.39, 0.29) is 0 Å². The Morgan fingerprint density at radius 3 is 1.03 bits per heavy atom. The molecule has 9 rings (SSSR count). The molecule has 0 aliphatic carbocycles. The molecule has 6 aromatic carbocycles. The summed E-state index contributed by atoms with van der Waals surface area (Å²) in [6, 6.07) is 49.1. The average molecular weight is 562 g/mol. The van der Waals surface area contributed by atoms with Crippen molar-refractivity contribution >= 4 is 77.4 Å². The molecule has 39 heavy (non-hydrogen) atoms. The van der Waals surface area contributed by atoms with Crippen LogP contribution in [0.1, 0.15) is 0 Å². The zero-order chi connectivity index (χ0) is 25.5. The van der Waals surface area contributed by atoms with Crippen LogP contribution in [0, 0.1) is 0 Å². The van der Waals surface area contributed by atoms with Gasteiger partial charge >= 0.3 is 231 Å². The van der Waals surface area contributed by atoms with Crippen LogP contribution in [0.2, 0.25) is 0 Å². The monoisotopic (exact) mass is 562 g/mol. The van der Waals surface area contributed by atoms with Gasteiger partial charge in [-0.05, 0) is 0 Å². The zero-order valence-electron chi connectivity index (χ0n) is 21.0. The minimum atomic E-state index is 0.309. The molecule has 0 fully saturated rings. The van der Waals surface area contributed by atoms with Gasteiger partial charge in [-0.25, -0.2) is 0 Å². The van der Waals surface area contributed by atoms with E-state index < -0.39 is 0 Å². The van der Waals surface area contributed by atoms with Gasteiger partial charge in [0.05, 0.1) is 0 Å². The van der Waals surface area contributed by atoms with Crippen molar-refractivity contribution in [2.45, 2.75) is 0 Å². The van der Waals surface area contributed by atoms with E-state index in [9.17, 15) is 0 Å². The van der Waals surface area contributed by atoms with Gasteiger partial charge in [0.1, 0.15) is 0 Å². The Balaban J connectivity index is 1.32. The van der Waals surface area contributed by atoms with E-state index in [1.807, 2.05) is 0 Å². The summed E-state index contributed by atoms with van der Waals surface area (Å²) in [6.45, 7) is 0. The quantitative estimate of drug-likeness (QED) is 0.186. The first-order chi connectivity index (χ1) is 19.3. The number of fused-ring (bicyclic) bond motifs is 9. The molecule has 0 saturated heterocycles. The van der Waals surface area contributed by atoms with Gasteiger partial charge in [-0.3, -0.25) is 0 Å². The van der Waals surface area contributed by atoms with E-state index in [1.54, 1.807) is 0 Å². The first kappa shape index (κ1) is 21.4. The standard InChI is InChI=1S/C36H22N2Se/c1-5-13-31-25(9-1)26-10-2-6-14-32(26)37(31)23-17-19-35-29(21-23)30-22-24(18-20-36(30)39-35)38-33-15-7-3-11-27(33)28-12-4-8-16-34(28)38/h1-22H. The molecule has 182 valence electrons. The second-order valence-electron chi connectivity index (χ2n) is 10.2. The van der Waals surface area contributed by atoms with Crippen LogP contribution in [0.4, 0.5) is 0 Å². The van der Waals surface area contributed by atoms with Gasteiger partial charge in [0, 0.05) is 0 Å². The fourth-order valence-corrected chi connectivity index (χ4v) is 8.67. The summed E-state index contributed by atoms with van der Waals surface area (Å²) in [5.74, 6) is 0. The summed E-state index contributed by atoms with van der Waals surface area (Å²) in [5, 5.41) is 7.93. The molecule has 0 saturated carbocycles. The molecule has 0 unspecified atom stereocenters. The summed E-state index contributed by atoms with van der Waals surface area (Å²) in [4.78, 5) is 0. The molecule has 3 heteroatoms. The topological polar surface area (TPSA) is 9.86 Å². The van der Waals surface area contributed by atoms with Crippen molar-refractivity contribution in [1.29, 1.82) is 0 Å². The fraction of sp³-hybridized carbons (Fsp3) is 0. The van der Waals surface area contributed by atoms with E-state index in [1.165, 1.54) is 74.3 Å². The molecule has 0 bridgehead atoms. The van der Waals surface area contributed by atoms with Crippen molar-refractivity contribution < 1.29 is 0 Å². The van der Waals surface area contributed by atoms with E-state index in [4.69, 9.17) is 0 Å². The fourth-order valence-electron chi connectivity index (χ4n) is 6.43. The molecule has 0 amide bonds. The Bertz CT molecular complexity index is 2120. The Kier molecular flexibility index (Phi) is 4.37. The molecule has 2 nitrogen and oxygen atoms in total. The number of aromatic nitrogens is 2. The van der Waals surface area contributed by atoms with Crippen LogP contribution in [-0.2, 0) is 0 Å². The molecular formula is C36H22N2Se. The molecule has 9 aromatic rings. The molecule has 0 spiro atoms. The van der Waals surface area contributed by atoms with E-state index in [0.717, 1.165) is 0 Å². The maximum atomic E-state index is 2.42. The Labute approximate surface area is 230 Å². The van der Waals surface area contributed by atoms with Crippen molar-refractivity contribution in [1.82, 2.24) is 9.13 Å². The number of hydrogen-bond acceptors (Lipinski definition) is 0. The van der Waals surface area contributed by atoms with Gasteiger partial charge in [-0.1, -0.05) is 0 Å². The van der Waals surface area contributed by atoms with Gasteiger partial charge in [0.25, 0.3) is 0 Å². The van der Waals surface area contributed by atoms with Gasteiger partial charge in [0.15, 0.2) is 0 Å². The third kappa shape index (κ3) is 2.97. The summed E-state index contributed by atoms with van der Waals surface area (Å²) in [7, 11) is 0. The summed E-state index contributed by atoms with van der Waals surface area (Å²) in [5.41, 5.74) is 7.44. The van der Waals surface area contributed by atoms with Gasteiger partial charge in [0.2, 0.25) is 0 Å². The van der Waals surface area contributed by atoms with E-state index in [0.29, 0.717) is 14.5 Å². The van der Waals surface area contributed by atoms with Crippen LogP contribution in [0.5, 0.6) is 0 Å². The Morgan fingerprint density at radius 2 is 0.667 bits per heavy atom. The molecule has 0 N–H and O–H groups in total. The number of hydrogen-bond donors (Lipinski definition) is 0.